The molecule has 0 unspecified atom stereocenters. The maximum Gasteiger partial charge on any atom is 0.305 e. The highest BCUT2D eigenvalue weighted by molar-refractivity contribution is 5.69. The standard InChI is InChI=1S/C10H16O4/c1-3-9(11)13-7-5-6-8-14-10(12)4-2/h5-6H,3-4,7-8H2,1-2H3/b6-5-. The molecule has 0 fully saturated rings. The van der Waals surface area contributed by atoms with Crippen LogP contribution in [-0.2, 0) is 19.1 Å². The van der Waals surface area contributed by atoms with Gasteiger partial charge >= 0.3 is 11.9 Å². The van der Waals surface area contributed by atoms with Crippen molar-refractivity contribution in [2.75, 3.05) is 13.2 Å². The average Bonchev–Trinajstić information content (AvgIpc) is 2.22. The van der Waals surface area contributed by atoms with Crippen LogP contribution in [0.1, 0.15) is 26.7 Å². The number of ether oxygens (including phenoxy) is 2. The van der Waals surface area contributed by atoms with Crippen LogP contribution >= 0.6 is 0 Å². The molecule has 0 aromatic carbocycles. The molecule has 0 radical (unpaired) electrons. The van der Waals surface area contributed by atoms with E-state index in [4.69, 9.17) is 9.47 Å². The maximum absolute atomic E-state index is 10.7. The third-order valence-electron chi connectivity index (χ3n) is 1.43. The molecular weight excluding hydrogens is 184 g/mol. The molecule has 0 rings (SSSR count). The lowest BCUT2D eigenvalue weighted by Crippen LogP contribution is -2.03. The van der Waals surface area contributed by atoms with Crippen molar-refractivity contribution in [3.63, 3.8) is 0 Å². The molecule has 0 heterocycles. The Balaban J connectivity index is 3.36. The van der Waals surface area contributed by atoms with Crippen molar-refractivity contribution < 1.29 is 19.1 Å². The van der Waals surface area contributed by atoms with Crippen molar-refractivity contribution in [3.05, 3.63) is 12.2 Å². The Morgan fingerprint density at radius 1 is 0.929 bits per heavy atom. The minimum absolute atomic E-state index is 0.232. The largest absolute Gasteiger partial charge is 0.461 e. The molecule has 0 aliphatic heterocycles. The maximum atomic E-state index is 10.7. The van der Waals surface area contributed by atoms with Gasteiger partial charge in [0.05, 0.1) is 0 Å². The zero-order valence-corrected chi connectivity index (χ0v) is 8.62. The van der Waals surface area contributed by atoms with Crippen molar-refractivity contribution >= 4 is 11.9 Å². The van der Waals surface area contributed by atoms with Crippen LogP contribution in [0.4, 0.5) is 0 Å². The fourth-order valence-corrected chi connectivity index (χ4v) is 0.622. The molecule has 0 bridgehead atoms. The molecule has 0 aromatic heterocycles. The molecule has 14 heavy (non-hydrogen) atoms. The first kappa shape index (κ1) is 12.7. The Morgan fingerprint density at radius 2 is 1.29 bits per heavy atom. The van der Waals surface area contributed by atoms with Crippen LogP contribution in [-0.4, -0.2) is 25.2 Å². The summed E-state index contributed by atoms with van der Waals surface area (Å²) in [6, 6.07) is 0. The van der Waals surface area contributed by atoms with E-state index >= 15 is 0 Å². The minimum atomic E-state index is -0.236. The summed E-state index contributed by atoms with van der Waals surface area (Å²) in [5.74, 6) is -0.472. The molecule has 80 valence electrons. The zero-order valence-electron chi connectivity index (χ0n) is 8.62. The van der Waals surface area contributed by atoms with Gasteiger partial charge in [-0.05, 0) is 12.2 Å². The van der Waals surface area contributed by atoms with Crippen molar-refractivity contribution in [1.29, 1.82) is 0 Å². The molecule has 0 atom stereocenters. The number of carbonyl (C=O) groups excluding carboxylic acids is 2. The van der Waals surface area contributed by atoms with Crippen LogP contribution in [0.2, 0.25) is 0 Å². The topological polar surface area (TPSA) is 52.6 Å². The van der Waals surface area contributed by atoms with Gasteiger partial charge < -0.3 is 9.47 Å². The van der Waals surface area contributed by atoms with Crippen molar-refractivity contribution in [3.8, 4) is 0 Å². The van der Waals surface area contributed by atoms with Crippen LogP contribution in [0.25, 0.3) is 0 Å². The quantitative estimate of drug-likeness (QED) is 0.481. The average molecular weight is 200 g/mol. The van der Waals surface area contributed by atoms with Gasteiger partial charge in [0.25, 0.3) is 0 Å². The molecular formula is C10H16O4. The summed E-state index contributed by atoms with van der Waals surface area (Å²) in [5, 5.41) is 0. The molecule has 0 amide bonds. The summed E-state index contributed by atoms with van der Waals surface area (Å²) < 4.78 is 9.52. The van der Waals surface area contributed by atoms with Gasteiger partial charge in [0.2, 0.25) is 0 Å². The zero-order chi connectivity index (χ0) is 10.8. The molecule has 0 aliphatic carbocycles. The van der Waals surface area contributed by atoms with E-state index in [0.717, 1.165) is 0 Å². The van der Waals surface area contributed by atoms with Crippen molar-refractivity contribution in [2.45, 2.75) is 26.7 Å². The van der Waals surface area contributed by atoms with Crippen LogP contribution in [0.3, 0.4) is 0 Å². The Bertz CT molecular complexity index is 186. The van der Waals surface area contributed by atoms with Gasteiger partial charge in [-0.25, -0.2) is 0 Å². The first-order chi connectivity index (χ1) is 6.70. The Morgan fingerprint density at radius 3 is 1.57 bits per heavy atom. The molecule has 0 N–H and O–H groups in total. The second-order valence-corrected chi connectivity index (χ2v) is 2.54. The summed E-state index contributed by atoms with van der Waals surface area (Å²) >= 11 is 0. The molecule has 0 spiro atoms. The first-order valence-electron chi connectivity index (χ1n) is 4.66. The third-order valence-corrected chi connectivity index (χ3v) is 1.43. The summed E-state index contributed by atoms with van der Waals surface area (Å²) in [7, 11) is 0. The Labute approximate surface area is 83.9 Å². The SMILES string of the molecule is CCC(=O)OC/C=C\COC(=O)CC. The Kier molecular flexibility index (Phi) is 7.50. The molecule has 4 heteroatoms. The van der Waals surface area contributed by atoms with Crippen LogP contribution < -0.4 is 0 Å². The van der Waals surface area contributed by atoms with E-state index in [0.29, 0.717) is 12.8 Å². The summed E-state index contributed by atoms with van der Waals surface area (Å²) in [6.07, 6.45) is 4.05. The van der Waals surface area contributed by atoms with E-state index in [1.165, 1.54) is 0 Å². The van der Waals surface area contributed by atoms with E-state index in [1.807, 2.05) is 0 Å². The third kappa shape index (κ3) is 7.34. The van der Waals surface area contributed by atoms with Gasteiger partial charge in [-0.15, -0.1) is 0 Å². The lowest BCUT2D eigenvalue weighted by atomic mass is 10.5. The highest BCUT2D eigenvalue weighted by Crippen LogP contribution is 1.87. The van der Waals surface area contributed by atoms with Gasteiger partial charge in [-0.3, -0.25) is 9.59 Å². The number of hydrogen-bond acceptors (Lipinski definition) is 4. The predicted octanol–water partition coefficient (Wildman–Crippen LogP) is 1.45. The van der Waals surface area contributed by atoms with Crippen LogP contribution in [0.5, 0.6) is 0 Å². The van der Waals surface area contributed by atoms with Gasteiger partial charge in [0, 0.05) is 12.8 Å². The summed E-state index contributed by atoms with van der Waals surface area (Å²) in [4.78, 5) is 21.3. The number of hydrogen-bond donors (Lipinski definition) is 0. The first-order valence-corrected chi connectivity index (χ1v) is 4.66. The molecule has 0 saturated carbocycles. The molecule has 0 aliphatic rings. The lowest BCUT2D eigenvalue weighted by molar-refractivity contribution is -0.143. The molecule has 0 aromatic rings. The van der Waals surface area contributed by atoms with E-state index in [1.54, 1.807) is 26.0 Å². The van der Waals surface area contributed by atoms with Crippen molar-refractivity contribution in [2.24, 2.45) is 0 Å². The predicted molar refractivity (Wildman–Crippen MR) is 51.6 cm³/mol. The number of esters is 2. The minimum Gasteiger partial charge on any atom is -0.461 e. The van der Waals surface area contributed by atoms with Gasteiger partial charge in [0.1, 0.15) is 13.2 Å². The molecule has 4 nitrogen and oxygen atoms in total. The lowest BCUT2D eigenvalue weighted by Gasteiger charge is -1.99. The second-order valence-electron chi connectivity index (χ2n) is 2.54. The van der Waals surface area contributed by atoms with E-state index in [9.17, 15) is 9.59 Å². The van der Waals surface area contributed by atoms with E-state index in [2.05, 4.69) is 0 Å². The highest BCUT2D eigenvalue weighted by Gasteiger charge is 1.95. The van der Waals surface area contributed by atoms with Crippen LogP contribution in [0, 0.1) is 0 Å². The molecule has 0 saturated heterocycles. The fraction of sp³-hybridized carbons (Fsp3) is 0.600. The monoisotopic (exact) mass is 200 g/mol. The second kappa shape index (κ2) is 8.29. The normalized spacial score (nSPS) is 10.1. The summed E-state index contributed by atoms with van der Waals surface area (Å²) in [6.45, 7) is 3.93. The van der Waals surface area contributed by atoms with Crippen LogP contribution in [0.15, 0.2) is 12.2 Å². The highest BCUT2D eigenvalue weighted by atomic mass is 16.5. The number of rotatable bonds is 6. The van der Waals surface area contributed by atoms with Gasteiger partial charge in [-0.1, -0.05) is 13.8 Å². The van der Waals surface area contributed by atoms with Gasteiger partial charge in [0.15, 0.2) is 0 Å². The van der Waals surface area contributed by atoms with E-state index in [-0.39, 0.29) is 25.2 Å². The smallest absolute Gasteiger partial charge is 0.305 e. The van der Waals surface area contributed by atoms with E-state index < -0.39 is 0 Å². The Hall–Kier alpha value is -1.32. The van der Waals surface area contributed by atoms with Crippen molar-refractivity contribution in [1.82, 2.24) is 0 Å². The fourth-order valence-electron chi connectivity index (χ4n) is 0.622. The number of carbonyl (C=O) groups is 2. The van der Waals surface area contributed by atoms with Gasteiger partial charge in [-0.2, -0.15) is 0 Å². The summed E-state index contributed by atoms with van der Waals surface area (Å²) in [5.41, 5.74) is 0.